The molecular formula is C5H3NO4. The van der Waals surface area contributed by atoms with Gasteiger partial charge in [-0.2, -0.15) is 0 Å². The van der Waals surface area contributed by atoms with Crippen molar-refractivity contribution >= 4 is 17.6 Å². The summed E-state index contributed by atoms with van der Waals surface area (Å²) >= 11 is 0. The van der Waals surface area contributed by atoms with Crippen LogP contribution in [0.1, 0.15) is 0 Å². The molecule has 0 aromatic carbocycles. The second-order valence-electron chi connectivity index (χ2n) is 1.66. The summed E-state index contributed by atoms with van der Waals surface area (Å²) in [6, 6.07) is 0. The number of carbonyl (C=O) groups excluding carboxylic acids is 3. The van der Waals surface area contributed by atoms with Crippen molar-refractivity contribution in [1.29, 1.82) is 0 Å². The molecule has 0 saturated carbocycles. The van der Waals surface area contributed by atoms with Crippen molar-refractivity contribution in [2.24, 2.45) is 0 Å². The van der Waals surface area contributed by atoms with Gasteiger partial charge in [-0.25, -0.2) is 0 Å². The summed E-state index contributed by atoms with van der Waals surface area (Å²) in [5, 5.41) is 9.94. The molecule has 1 fully saturated rings. The van der Waals surface area contributed by atoms with Crippen LogP contribution in [0.4, 0.5) is 0 Å². The van der Waals surface area contributed by atoms with Crippen LogP contribution in [-0.4, -0.2) is 22.7 Å². The maximum atomic E-state index is 10.5. The fraction of sp³-hybridized carbons (Fsp3) is 0. The number of carbonyl (C=O) groups is 3. The SMILES string of the molecule is O=C1NC(=O)C(=CO)C1=O. The van der Waals surface area contributed by atoms with E-state index in [1.807, 2.05) is 0 Å². The molecule has 5 nitrogen and oxygen atoms in total. The summed E-state index contributed by atoms with van der Waals surface area (Å²) in [5.41, 5.74) is -0.509. The van der Waals surface area contributed by atoms with Crippen LogP contribution in [0, 0.1) is 0 Å². The van der Waals surface area contributed by atoms with Crippen molar-refractivity contribution in [3.63, 3.8) is 0 Å². The summed E-state index contributed by atoms with van der Waals surface area (Å²) in [6.07, 6.45) is 0.322. The third kappa shape index (κ3) is 0.680. The highest BCUT2D eigenvalue weighted by molar-refractivity contribution is 6.56. The summed E-state index contributed by atoms with van der Waals surface area (Å²) in [7, 11) is 0. The average Bonchev–Trinajstić information content (AvgIpc) is 2.09. The first-order valence-corrected chi connectivity index (χ1v) is 2.41. The molecule has 1 saturated heterocycles. The highest BCUT2D eigenvalue weighted by atomic mass is 16.2. The number of Topliss-reactive ketones (excluding diaryl/α,β-unsaturated/α-hetero) is 1. The van der Waals surface area contributed by atoms with Crippen LogP contribution in [0.3, 0.4) is 0 Å². The Balaban J connectivity index is 3.07. The van der Waals surface area contributed by atoms with Crippen molar-refractivity contribution in [3.8, 4) is 0 Å². The van der Waals surface area contributed by atoms with Crippen LogP contribution < -0.4 is 5.32 Å². The highest BCUT2D eigenvalue weighted by Crippen LogP contribution is 2.02. The van der Waals surface area contributed by atoms with Crippen LogP contribution in [0.2, 0.25) is 0 Å². The Morgan fingerprint density at radius 2 is 1.80 bits per heavy atom. The zero-order chi connectivity index (χ0) is 7.72. The summed E-state index contributed by atoms with van der Waals surface area (Å²) in [4.78, 5) is 31.3. The van der Waals surface area contributed by atoms with Gasteiger partial charge in [0.2, 0.25) is 0 Å². The number of imide groups is 1. The molecule has 0 unspecified atom stereocenters. The lowest BCUT2D eigenvalue weighted by Crippen LogP contribution is -2.21. The molecule has 1 heterocycles. The lowest BCUT2D eigenvalue weighted by Gasteiger charge is -1.81. The van der Waals surface area contributed by atoms with Crippen LogP contribution in [-0.2, 0) is 14.4 Å². The molecule has 0 aromatic heterocycles. The van der Waals surface area contributed by atoms with Gasteiger partial charge in [0.15, 0.2) is 0 Å². The van der Waals surface area contributed by atoms with Gasteiger partial charge >= 0.3 is 0 Å². The fourth-order valence-corrected chi connectivity index (χ4v) is 0.570. The van der Waals surface area contributed by atoms with E-state index in [0.717, 1.165) is 0 Å². The monoisotopic (exact) mass is 141 g/mol. The largest absolute Gasteiger partial charge is 0.515 e. The third-order valence-corrected chi connectivity index (χ3v) is 1.05. The third-order valence-electron chi connectivity index (χ3n) is 1.05. The van der Waals surface area contributed by atoms with Gasteiger partial charge < -0.3 is 5.11 Å². The van der Waals surface area contributed by atoms with Gasteiger partial charge in [-0.05, 0) is 0 Å². The molecule has 1 aliphatic heterocycles. The molecule has 52 valence electrons. The van der Waals surface area contributed by atoms with Gasteiger partial charge in [-0.15, -0.1) is 0 Å². The molecule has 0 radical (unpaired) electrons. The number of amides is 2. The lowest BCUT2D eigenvalue weighted by atomic mass is 10.2. The van der Waals surface area contributed by atoms with E-state index >= 15 is 0 Å². The molecule has 2 amide bonds. The molecule has 1 rings (SSSR count). The first-order valence-electron chi connectivity index (χ1n) is 2.41. The van der Waals surface area contributed by atoms with Gasteiger partial charge in [-0.3, -0.25) is 19.7 Å². The van der Waals surface area contributed by atoms with Crippen molar-refractivity contribution in [2.75, 3.05) is 0 Å². The molecule has 1 aliphatic rings. The van der Waals surface area contributed by atoms with E-state index < -0.39 is 23.2 Å². The Labute approximate surface area is 55.3 Å². The minimum absolute atomic E-state index is 0.322. The standard InChI is InChI=1S/C5H3NO4/c7-1-2-3(8)5(10)6-4(2)9/h1,7H,(H,6,9,10). The molecule has 5 heteroatoms. The maximum Gasteiger partial charge on any atom is 0.299 e. The summed E-state index contributed by atoms with van der Waals surface area (Å²) in [6.45, 7) is 0. The number of aliphatic hydroxyl groups is 1. The second-order valence-corrected chi connectivity index (χ2v) is 1.66. The molecule has 0 aliphatic carbocycles. The van der Waals surface area contributed by atoms with E-state index in [-0.39, 0.29) is 0 Å². The minimum Gasteiger partial charge on any atom is -0.515 e. The predicted molar refractivity (Wildman–Crippen MR) is 28.9 cm³/mol. The van der Waals surface area contributed by atoms with Gasteiger partial charge in [0, 0.05) is 0 Å². The van der Waals surface area contributed by atoms with Crippen molar-refractivity contribution in [2.45, 2.75) is 0 Å². The van der Waals surface area contributed by atoms with Crippen LogP contribution in [0.25, 0.3) is 0 Å². The summed E-state index contributed by atoms with van der Waals surface area (Å²) in [5.74, 6) is -2.84. The number of nitrogens with one attached hydrogen (secondary N) is 1. The zero-order valence-electron chi connectivity index (χ0n) is 4.75. The Bertz CT molecular complexity index is 252. The van der Waals surface area contributed by atoms with E-state index in [4.69, 9.17) is 5.11 Å². The normalized spacial score (nSPS) is 22.0. The van der Waals surface area contributed by atoms with Crippen LogP contribution >= 0.6 is 0 Å². The van der Waals surface area contributed by atoms with Gasteiger partial charge in [-0.1, -0.05) is 0 Å². The quantitative estimate of drug-likeness (QED) is 0.144. The van der Waals surface area contributed by atoms with Crippen molar-refractivity contribution in [1.82, 2.24) is 5.32 Å². The smallest absolute Gasteiger partial charge is 0.299 e. The first-order chi connectivity index (χ1) is 4.66. The lowest BCUT2D eigenvalue weighted by molar-refractivity contribution is -0.134. The molecule has 2 N–H and O–H groups in total. The Kier molecular flexibility index (Phi) is 1.26. The van der Waals surface area contributed by atoms with Gasteiger partial charge in [0.05, 0.1) is 6.26 Å². The summed E-state index contributed by atoms with van der Waals surface area (Å²) < 4.78 is 0. The van der Waals surface area contributed by atoms with E-state index in [1.54, 1.807) is 5.32 Å². The van der Waals surface area contributed by atoms with Crippen LogP contribution in [0.5, 0.6) is 0 Å². The highest BCUT2D eigenvalue weighted by Gasteiger charge is 2.34. The minimum atomic E-state index is -0.995. The fourth-order valence-electron chi connectivity index (χ4n) is 0.570. The molecule has 0 spiro atoms. The Morgan fingerprint density at radius 1 is 1.20 bits per heavy atom. The molecular weight excluding hydrogens is 138 g/mol. The van der Waals surface area contributed by atoms with Gasteiger partial charge in [0.25, 0.3) is 17.6 Å². The number of aliphatic hydroxyl groups excluding tert-OH is 1. The Morgan fingerprint density at radius 3 is 2.00 bits per heavy atom. The number of hydrogen-bond acceptors (Lipinski definition) is 4. The van der Waals surface area contributed by atoms with E-state index in [0.29, 0.717) is 6.26 Å². The van der Waals surface area contributed by atoms with Crippen molar-refractivity contribution in [3.05, 3.63) is 11.8 Å². The topological polar surface area (TPSA) is 83.5 Å². The van der Waals surface area contributed by atoms with E-state index in [1.165, 1.54) is 0 Å². The predicted octanol–water partition coefficient (Wildman–Crippen LogP) is -1.35. The molecule has 10 heavy (non-hydrogen) atoms. The average molecular weight is 141 g/mol. The molecule has 0 aromatic rings. The van der Waals surface area contributed by atoms with E-state index in [9.17, 15) is 14.4 Å². The maximum absolute atomic E-state index is 10.5. The zero-order valence-corrected chi connectivity index (χ0v) is 4.75. The van der Waals surface area contributed by atoms with Crippen LogP contribution in [0.15, 0.2) is 11.8 Å². The number of hydrogen-bond donors (Lipinski definition) is 2. The second kappa shape index (κ2) is 1.94. The van der Waals surface area contributed by atoms with Crippen molar-refractivity contribution < 1.29 is 19.5 Å². The molecule has 0 atom stereocenters. The van der Waals surface area contributed by atoms with Gasteiger partial charge in [0.1, 0.15) is 5.57 Å². The molecule has 0 bridgehead atoms. The van der Waals surface area contributed by atoms with E-state index in [2.05, 4.69) is 0 Å². The number of rotatable bonds is 0. The Hall–Kier alpha value is -1.65. The number of ketones is 1. The first kappa shape index (κ1) is 6.47.